The van der Waals surface area contributed by atoms with Crippen molar-refractivity contribution < 1.29 is 0 Å². The number of fused-ring (bicyclic) bond motifs is 1. The quantitative estimate of drug-likeness (QED) is 0.640. The number of aromatic nitrogens is 2. The fourth-order valence-electron chi connectivity index (χ4n) is 1.60. The third kappa shape index (κ3) is 2.62. The van der Waals surface area contributed by atoms with Crippen LogP contribution in [-0.4, -0.2) is 9.97 Å². The summed E-state index contributed by atoms with van der Waals surface area (Å²) in [5.74, 6) is 0.472. The molecule has 0 spiro atoms. The number of thiazole rings is 1. The maximum atomic E-state index is 6.07. The van der Waals surface area contributed by atoms with Gasteiger partial charge in [0.2, 0.25) is 0 Å². The Morgan fingerprint density at radius 1 is 1.05 bits per heavy atom. The van der Waals surface area contributed by atoms with Crippen LogP contribution in [0.2, 0.25) is 15.2 Å². The van der Waals surface area contributed by atoms with Gasteiger partial charge in [-0.2, -0.15) is 0 Å². The monoisotopic (exact) mass is 329 g/mol. The van der Waals surface area contributed by atoms with Crippen molar-refractivity contribution in [3.63, 3.8) is 0 Å². The molecule has 2 aromatic heterocycles. The zero-order valence-corrected chi connectivity index (χ0v) is 12.4. The molecule has 0 aliphatic rings. The fourth-order valence-corrected chi connectivity index (χ4v) is 2.86. The number of rotatable bonds is 2. The lowest BCUT2D eigenvalue weighted by Crippen LogP contribution is -1.95. The molecule has 0 aliphatic carbocycles. The third-order valence-electron chi connectivity index (χ3n) is 2.48. The topological polar surface area (TPSA) is 37.8 Å². The van der Waals surface area contributed by atoms with Crippen LogP contribution in [-0.2, 0) is 0 Å². The van der Waals surface area contributed by atoms with Crippen LogP contribution in [0.25, 0.3) is 10.2 Å². The van der Waals surface area contributed by atoms with E-state index < -0.39 is 0 Å². The van der Waals surface area contributed by atoms with Crippen molar-refractivity contribution in [3.8, 4) is 0 Å². The van der Waals surface area contributed by atoms with Crippen LogP contribution in [0.1, 0.15) is 0 Å². The van der Waals surface area contributed by atoms with E-state index in [0.29, 0.717) is 15.9 Å². The fraction of sp³-hybridized carbons (Fsp3) is 0. The lowest BCUT2D eigenvalue weighted by Gasteiger charge is -2.08. The summed E-state index contributed by atoms with van der Waals surface area (Å²) in [7, 11) is 0. The van der Waals surface area contributed by atoms with Gasteiger partial charge in [-0.1, -0.05) is 34.8 Å². The van der Waals surface area contributed by atoms with Crippen LogP contribution in [0.5, 0.6) is 0 Å². The minimum atomic E-state index is 0.215. The third-order valence-corrected chi connectivity index (χ3v) is 4.23. The Balaban J connectivity index is 1.98. The van der Waals surface area contributed by atoms with Gasteiger partial charge in [0.15, 0.2) is 5.82 Å². The summed E-state index contributed by atoms with van der Waals surface area (Å²) < 4.78 is 1.08. The smallest absolute Gasteiger partial charge is 0.151 e. The SMILES string of the molecule is Clc1cc(Cl)c(Nc2ccc3ncsc3c2)nc1Cl. The Bertz CT molecular complexity index is 757. The summed E-state index contributed by atoms with van der Waals surface area (Å²) in [4.78, 5) is 8.33. The van der Waals surface area contributed by atoms with Crippen molar-refractivity contribution in [2.75, 3.05) is 5.32 Å². The van der Waals surface area contributed by atoms with Gasteiger partial charge in [-0.05, 0) is 24.3 Å². The average molecular weight is 331 g/mol. The molecular formula is C12H6Cl3N3S. The molecule has 0 bridgehead atoms. The molecule has 0 aliphatic heterocycles. The Morgan fingerprint density at radius 2 is 1.89 bits per heavy atom. The van der Waals surface area contributed by atoms with Crippen LogP contribution >= 0.6 is 46.1 Å². The molecule has 1 aromatic carbocycles. The molecule has 96 valence electrons. The predicted octanol–water partition coefficient (Wildman–Crippen LogP) is 5.40. The molecule has 7 heteroatoms. The van der Waals surface area contributed by atoms with Gasteiger partial charge in [0, 0.05) is 5.69 Å². The number of pyridine rings is 1. The molecule has 3 rings (SSSR count). The van der Waals surface area contributed by atoms with E-state index in [1.165, 1.54) is 0 Å². The van der Waals surface area contributed by atoms with E-state index in [9.17, 15) is 0 Å². The van der Waals surface area contributed by atoms with Crippen LogP contribution < -0.4 is 5.32 Å². The van der Waals surface area contributed by atoms with E-state index >= 15 is 0 Å². The number of nitrogens with zero attached hydrogens (tertiary/aromatic N) is 2. The van der Waals surface area contributed by atoms with E-state index in [1.807, 2.05) is 18.2 Å². The highest BCUT2D eigenvalue weighted by atomic mass is 35.5. The highest BCUT2D eigenvalue weighted by Crippen LogP contribution is 2.31. The van der Waals surface area contributed by atoms with E-state index in [0.717, 1.165) is 15.9 Å². The van der Waals surface area contributed by atoms with E-state index in [4.69, 9.17) is 34.8 Å². The maximum Gasteiger partial charge on any atom is 0.151 e. The number of nitrogens with one attached hydrogen (secondary N) is 1. The molecule has 0 saturated carbocycles. The van der Waals surface area contributed by atoms with Crippen molar-refractivity contribution >= 4 is 67.9 Å². The second kappa shape index (κ2) is 5.13. The first-order chi connectivity index (χ1) is 9.13. The van der Waals surface area contributed by atoms with Gasteiger partial charge in [0.25, 0.3) is 0 Å². The summed E-state index contributed by atoms with van der Waals surface area (Å²) in [5, 5.41) is 4.07. The summed E-state index contributed by atoms with van der Waals surface area (Å²) in [6.07, 6.45) is 0. The van der Waals surface area contributed by atoms with Crippen molar-refractivity contribution in [3.05, 3.63) is 45.0 Å². The minimum absolute atomic E-state index is 0.215. The van der Waals surface area contributed by atoms with Gasteiger partial charge in [0.1, 0.15) is 5.15 Å². The Morgan fingerprint density at radius 3 is 2.74 bits per heavy atom. The standard InChI is InChI=1S/C12H6Cl3N3S/c13-7-4-8(14)12(18-11(7)15)17-6-1-2-9-10(3-6)19-5-16-9/h1-5H,(H,17,18). The summed E-state index contributed by atoms with van der Waals surface area (Å²) in [5.41, 5.74) is 3.63. The van der Waals surface area contributed by atoms with Gasteiger partial charge in [-0.25, -0.2) is 9.97 Å². The zero-order valence-electron chi connectivity index (χ0n) is 9.32. The Labute approximate surface area is 128 Å². The highest BCUT2D eigenvalue weighted by Gasteiger charge is 2.08. The first kappa shape index (κ1) is 12.9. The van der Waals surface area contributed by atoms with Gasteiger partial charge in [0.05, 0.1) is 25.8 Å². The highest BCUT2D eigenvalue weighted by molar-refractivity contribution is 7.16. The molecule has 0 atom stereocenters. The molecule has 0 radical (unpaired) electrons. The van der Waals surface area contributed by atoms with Crippen molar-refractivity contribution in [2.45, 2.75) is 0 Å². The number of hydrogen-bond donors (Lipinski definition) is 1. The second-order valence-electron chi connectivity index (χ2n) is 3.75. The normalized spacial score (nSPS) is 10.9. The molecule has 0 unspecified atom stereocenters. The molecule has 3 aromatic rings. The van der Waals surface area contributed by atoms with E-state index in [-0.39, 0.29) is 5.15 Å². The molecule has 1 N–H and O–H groups in total. The van der Waals surface area contributed by atoms with Gasteiger partial charge in [-0.15, -0.1) is 11.3 Å². The lowest BCUT2D eigenvalue weighted by molar-refractivity contribution is 1.31. The second-order valence-corrected chi connectivity index (χ2v) is 5.81. The Hall–Kier alpha value is -1.07. The molecule has 0 fully saturated rings. The van der Waals surface area contributed by atoms with E-state index in [2.05, 4.69) is 15.3 Å². The molecule has 3 nitrogen and oxygen atoms in total. The number of halogens is 3. The molecule has 0 saturated heterocycles. The van der Waals surface area contributed by atoms with Crippen molar-refractivity contribution in [1.29, 1.82) is 0 Å². The van der Waals surface area contributed by atoms with Gasteiger partial charge in [-0.3, -0.25) is 0 Å². The molecular weight excluding hydrogens is 325 g/mol. The van der Waals surface area contributed by atoms with Crippen molar-refractivity contribution in [2.24, 2.45) is 0 Å². The van der Waals surface area contributed by atoms with Crippen molar-refractivity contribution in [1.82, 2.24) is 9.97 Å². The zero-order chi connectivity index (χ0) is 13.4. The molecule has 0 amide bonds. The Kier molecular flexibility index (Phi) is 3.50. The average Bonchev–Trinajstić information content (AvgIpc) is 2.83. The summed E-state index contributed by atoms with van der Waals surface area (Å²) >= 11 is 19.4. The van der Waals surface area contributed by atoms with Crippen LogP contribution in [0.4, 0.5) is 11.5 Å². The number of benzene rings is 1. The van der Waals surface area contributed by atoms with Crippen LogP contribution in [0, 0.1) is 0 Å². The largest absolute Gasteiger partial charge is 0.339 e. The molecule has 2 heterocycles. The molecule has 19 heavy (non-hydrogen) atoms. The van der Waals surface area contributed by atoms with Crippen LogP contribution in [0.15, 0.2) is 29.8 Å². The predicted molar refractivity (Wildman–Crippen MR) is 82.2 cm³/mol. The number of anilines is 2. The maximum absolute atomic E-state index is 6.07. The number of hydrogen-bond acceptors (Lipinski definition) is 4. The van der Waals surface area contributed by atoms with Gasteiger partial charge < -0.3 is 5.32 Å². The first-order valence-electron chi connectivity index (χ1n) is 5.25. The summed E-state index contributed by atoms with van der Waals surface area (Å²) in [6, 6.07) is 7.38. The van der Waals surface area contributed by atoms with Crippen LogP contribution in [0.3, 0.4) is 0 Å². The first-order valence-corrected chi connectivity index (χ1v) is 7.26. The lowest BCUT2D eigenvalue weighted by atomic mass is 10.3. The summed E-state index contributed by atoms with van der Waals surface area (Å²) in [6.45, 7) is 0. The van der Waals surface area contributed by atoms with E-state index in [1.54, 1.807) is 22.9 Å². The van der Waals surface area contributed by atoms with Gasteiger partial charge >= 0.3 is 0 Å². The minimum Gasteiger partial charge on any atom is -0.339 e.